The highest BCUT2D eigenvalue weighted by molar-refractivity contribution is 5.97. The van der Waals surface area contributed by atoms with Crippen LogP contribution in [0.4, 0.5) is 5.69 Å². The number of carbonyl (C=O) groups is 1. The van der Waals surface area contributed by atoms with Crippen LogP contribution in [0.1, 0.15) is 10.4 Å². The van der Waals surface area contributed by atoms with Gasteiger partial charge >= 0.3 is 5.97 Å². The molecule has 0 aliphatic heterocycles. The topological polar surface area (TPSA) is 87.9 Å². The van der Waals surface area contributed by atoms with Crippen LogP contribution in [0.25, 0.3) is 0 Å². The molecule has 1 aromatic rings. The molecule has 0 heterocycles. The fraction of sp³-hybridized carbons (Fsp3) is 0.300. The summed E-state index contributed by atoms with van der Waals surface area (Å²) in [6.07, 6.45) is 0. The molecule has 0 aliphatic rings. The van der Waals surface area contributed by atoms with Gasteiger partial charge in [-0.1, -0.05) is 0 Å². The van der Waals surface area contributed by atoms with Gasteiger partial charge in [0.2, 0.25) is 0 Å². The molecule has 0 saturated heterocycles. The van der Waals surface area contributed by atoms with Crippen molar-refractivity contribution in [2.75, 3.05) is 21.3 Å². The second kappa shape index (κ2) is 5.15. The predicted molar refractivity (Wildman–Crippen MR) is 57.5 cm³/mol. The fourth-order valence-electron chi connectivity index (χ4n) is 1.31. The summed E-state index contributed by atoms with van der Waals surface area (Å²) in [6.45, 7) is 0. The van der Waals surface area contributed by atoms with Crippen molar-refractivity contribution in [1.82, 2.24) is 0 Å². The van der Waals surface area contributed by atoms with Crippen molar-refractivity contribution in [3.63, 3.8) is 0 Å². The van der Waals surface area contributed by atoms with Crippen LogP contribution in [0.2, 0.25) is 0 Å². The normalized spacial score (nSPS) is 9.59. The molecule has 0 aromatic heterocycles. The average molecular weight is 241 g/mol. The second-order valence-corrected chi connectivity index (χ2v) is 2.97. The third-order valence-electron chi connectivity index (χ3n) is 2.10. The lowest BCUT2D eigenvalue weighted by Crippen LogP contribution is -2.08. The number of esters is 1. The molecule has 17 heavy (non-hydrogen) atoms. The molecule has 92 valence electrons. The number of hydrogen-bond donors (Lipinski definition) is 0. The molecule has 0 amide bonds. The predicted octanol–water partition coefficient (Wildman–Crippen LogP) is 1.40. The summed E-state index contributed by atoms with van der Waals surface area (Å²) in [5.41, 5.74) is -0.658. The molecular formula is C10H11NO6. The first-order chi connectivity index (χ1) is 8.04. The van der Waals surface area contributed by atoms with Gasteiger partial charge in [0.05, 0.1) is 32.3 Å². The van der Waals surface area contributed by atoms with Gasteiger partial charge in [-0.15, -0.1) is 0 Å². The van der Waals surface area contributed by atoms with Crippen molar-refractivity contribution in [2.45, 2.75) is 0 Å². The highest BCUT2D eigenvalue weighted by Gasteiger charge is 2.27. The van der Waals surface area contributed by atoms with E-state index in [-0.39, 0.29) is 17.1 Å². The summed E-state index contributed by atoms with van der Waals surface area (Å²) < 4.78 is 14.3. The standard InChI is InChI=1S/C10H11NO6/c1-15-6-4-7(11(13)14)9(10(12)17-3)8(5-6)16-2/h4-5H,1-3H3. The van der Waals surface area contributed by atoms with Gasteiger partial charge in [0.15, 0.2) is 5.56 Å². The Morgan fingerprint density at radius 2 is 1.88 bits per heavy atom. The zero-order valence-corrected chi connectivity index (χ0v) is 9.55. The Labute approximate surface area is 97.0 Å². The molecule has 0 unspecified atom stereocenters. The number of nitrogens with zero attached hydrogens (tertiary/aromatic N) is 1. The van der Waals surface area contributed by atoms with Crippen LogP contribution in [0.5, 0.6) is 11.5 Å². The van der Waals surface area contributed by atoms with Gasteiger partial charge < -0.3 is 14.2 Å². The van der Waals surface area contributed by atoms with E-state index in [1.807, 2.05) is 0 Å². The summed E-state index contributed by atoms with van der Waals surface area (Å²) in [5.74, 6) is -0.583. The number of hydrogen-bond acceptors (Lipinski definition) is 6. The molecule has 0 radical (unpaired) electrons. The lowest BCUT2D eigenvalue weighted by atomic mass is 10.1. The number of ether oxygens (including phenoxy) is 3. The van der Waals surface area contributed by atoms with Crippen molar-refractivity contribution in [1.29, 1.82) is 0 Å². The zero-order chi connectivity index (χ0) is 13.0. The average Bonchev–Trinajstić information content (AvgIpc) is 2.35. The fourth-order valence-corrected chi connectivity index (χ4v) is 1.31. The van der Waals surface area contributed by atoms with Crippen LogP contribution in [0, 0.1) is 10.1 Å². The van der Waals surface area contributed by atoms with E-state index in [4.69, 9.17) is 9.47 Å². The van der Waals surface area contributed by atoms with E-state index in [1.54, 1.807) is 0 Å². The number of nitro benzene ring substituents is 1. The summed E-state index contributed by atoms with van der Waals surface area (Å²) in [4.78, 5) is 21.6. The maximum Gasteiger partial charge on any atom is 0.348 e. The van der Waals surface area contributed by atoms with Crippen molar-refractivity contribution in [3.05, 3.63) is 27.8 Å². The van der Waals surface area contributed by atoms with Crippen LogP contribution in [0.3, 0.4) is 0 Å². The quantitative estimate of drug-likeness (QED) is 0.449. The van der Waals surface area contributed by atoms with Gasteiger partial charge in [-0.25, -0.2) is 4.79 Å². The SMILES string of the molecule is COC(=O)c1c(OC)cc(OC)cc1[N+](=O)[O-]. The number of carbonyl (C=O) groups excluding carboxylic acids is 1. The van der Waals surface area contributed by atoms with Crippen molar-refractivity contribution in [2.24, 2.45) is 0 Å². The first kappa shape index (κ1) is 12.8. The Bertz CT molecular complexity index is 456. The summed E-state index contributed by atoms with van der Waals surface area (Å²) in [6, 6.07) is 2.51. The van der Waals surface area contributed by atoms with E-state index in [0.717, 1.165) is 13.2 Å². The van der Waals surface area contributed by atoms with Crippen LogP contribution < -0.4 is 9.47 Å². The molecule has 0 fully saturated rings. The maximum absolute atomic E-state index is 11.5. The molecule has 1 rings (SSSR count). The molecule has 0 atom stereocenters. The Morgan fingerprint density at radius 1 is 1.24 bits per heavy atom. The Kier molecular flexibility index (Phi) is 3.86. The Morgan fingerprint density at radius 3 is 2.29 bits per heavy atom. The monoisotopic (exact) mass is 241 g/mol. The minimum atomic E-state index is -0.837. The van der Waals surface area contributed by atoms with E-state index in [1.165, 1.54) is 20.3 Å². The number of nitro groups is 1. The Hall–Kier alpha value is -2.31. The van der Waals surface area contributed by atoms with Crippen LogP contribution in [0.15, 0.2) is 12.1 Å². The van der Waals surface area contributed by atoms with Gasteiger partial charge in [-0.3, -0.25) is 10.1 Å². The second-order valence-electron chi connectivity index (χ2n) is 2.97. The minimum absolute atomic E-state index is 0.0305. The van der Waals surface area contributed by atoms with Gasteiger partial charge in [0.25, 0.3) is 5.69 Å². The molecule has 7 heteroatoms. The molecule has 0 spiro atoms. The van der Waals surface area contributed by atoms with E-state index in [9.17, 15) is 14.9 Å². The largest absolute Gasteiger partial charge is 0.496 e. The lowest BCUT2D eigenvalue weighted by molar-refractivity contribution is -0.385. The zero-order valence-electron chi connectivity index (χ0n) is 9.55. The van der Waals surface area contributed by atoms with Gasteiger partial charge in [-0.05, 0) is 0 Å². The number of benzene rings is 1. The van der Waals surface area contributed by atoms with E-state index in [2.05, 4.69) is 4.74 Å². The maximum atomic E-state index is 11.5. The molecule has 7 nitrogen and oxygen atoms in total. The molecule has 0 saturated carbocycles. The first-order valence-electron chi connectivity index (χ1n) is 4.53. The van der Waals surface area contributed by atoms with Gasteiger partial charge in [0, 0.05) is 6.07 Å². The Balaban J connectivity index is 3.52. The lowest BCUT2D eigenvalue weighted by Gasteiger charge is -2.09. The molecular weight excluding hydrogens is 230 g/mol. The summed E-state index contributed by atoms with van der Waals surface area (Å²) in [5, 5.41) is 10.9. The van der Waals surface area contributed by atoms with Gasteiger partial charge in [0.1, 0.15) is 11.5 Å². The smallest absolute Gasteiger partial charge is 0.348 e. The van der Waals surface area contributed by atoms with E-state index >= 15 is 0 Å². The van der Waals surface area contributed by atoms with Crippen LogP contribution in [-0.4, -0.2) is 32.2 Å². The van der Waals surface area contributed by atoms with Crippen molar-refractivity contribution >= 4 is 11.7 Å². The summed E-state index contributed by atoms with van der Waals surface area (Å²) >= 11 is 0. The number of methoxy groups -OCH3 is 3. The molecule has 0 bridgehead atoms. The van der Waals surface area contributed by atoms with Crippen LogP contribution >= 0.6 is 0 Å². The molecule has 0 N–H and O–H groups in total. The first-order valence-corrected chi connectivity index (χ1v) is 4.53. The highest BCUT2D eigenvalue weighted by Crippen LogP contribution is 2.34. The minimum Gasteiger partial charge on any atom is -0.496 e. The third-order valence-corrected chi connectivity index (χ3v) is 2.10. The van der Waals surface area contributed by atoms with Crippen LogP contribution in [-0.2, 0) is 4.74 Å². The van der Waals surface area contributed by atoms with Crippen molar-refractivity contribution in [3.8, 4) is 11.5 Å². The molecule has 0 aliphatic carbocycles. The third kappa shape index (κ3) is 2.44. The molecule has 1 aromatic carbocycles. The van der Waals surface area contributed by atoms with E-state index in [0.29, 0.717) is 0 Å². The number of rotatable bonds is 4. The van der Waals surface area contributed by atoms with Crippen molar-refractivity contribution < 1.29 is 23.9 Å². The van der Waals surface area contributed by atoms with Gasteiger partial charge in [-0.2, -0.15) is 0 Å². The highest BCUT2D eigenvalue weighted by atomic mass is 16.6. The van der Waals surface area contributed by atoms with E-state index < -0.39 is 16.6 Å². The summed E-state index contributed by atoms with van der Waals surface area (Å²) in [7, 11) is 3.79.